The molecular weight excluding hydrogens is 359 g/mol. The molecule has 9 heteroatoms. The van der Waals surface area contributed by atoms with Gasteiger partial charge in [-0.15, -0.1) is 0 Å². The Morgan fingerprint density at radius 3 is 2.12 bits per heavy atom. The fourth-order valence-corrected chi connectivity index (χ4v) is 5.03. The van der Waals surface area contributed by atoms with Crippen molar-refractivity contribution < 1.29 is 28.4 Å². The van der Waals surface area contributed by atoms with Gasteiger partial charge in [0.15, 0.2) is 0 Å². The van der Waals surface area contributed by atoms with E-state index >= 15 is 0 Å². The third kappa shape index (κ3) is 5.91. The van der Waals surface area contributed by atoms with Crippen molar-refractivity contribution in [2.75, 3.05) is 19.6 Å². The summed E-state index contributed by atoms with van der Waals surface area (Å²) in [7, 11) is -3.40. The summed E-state index contributed by atoms with van der Waals surface area (Å²) in [5.74, 6) is -0.415. The lowest BCUT2D eigenvalue weighted by Gasteiger charge is -2.27. The number of fused-ring (bicyclic) bond motifs is 1. The molecule has 1 fully saturated rings. The zero-order valence-corrected chi connectivity index (χ0v) is 16.7. The molecule has 0 radical (unpaired) electrons. The number of nitrogens with one attached hydrogen (secondary N) is 2. The van der Waals surface area contributed by atoms with Crippen LogP contribution in [0.3, 0.4) is 0 Å². The molecule has 0 aromatic rings. The minimum absolute atomic E-state index is 0.0727. The van der Waals surface area contributed by atoms with E-state index in [0.717, 1.165) is 12.8 Å². The molecule has 2 N–H and O–H groups in total. The van der Waals surface area contributed by atoms with Gasteiger partial charge in [-0.3, -0.25) is 14.2 Å². The molecule has 0 amide bonds. The highest BCUT2D eigenvalue weighted by Crippen LogP contribution is 2.48. The smallest absolute Gasteiger partial charge is 0.323 e. The largest absolute Gasteiger partial charge is 0.465 e. The highest BCUT2D eigenvalue weighted by Gasteiger charge is 2.39. The molecule has 8 nitrogen and oxygen atoms in total. The predicted molar refractivity (Wildman–Crippen MR) is 96.6 cm³/mol. The van der Waals surface area contributed by atoms with Crippen molar-refractivity contribution in [2.45, 2.75) is 58.7 Å². The molecule has 1 saturated carbocycles. The summed E-state index contributed by atoms with van der Waals surface area (Å²) >= 11 is 0. The first-order valence-corrected chi connectivity index (χ1v) is 11.0. The van der Waals surface area contributed by atoms with Crippen molar-refractivity contribution in [3.63, 3.8) is 0 Å². The van der Waals surface area contributed by atoms with E-state index < -0.39 is 31.5 Å². The SMILES string of the molecule is CCOC(=O)[C@H](C)NP(=O)(CO[C@@H]1C=C2C[C@@H]2C1)N[C@@H](C)C(=O)OCC. The maximum absolute atomic E-state index is 13.3. The Labute approximate surface area is 154 Å². The number of hydrogen-bond donors (Lipinski definition) is 2. The molecule has 2 aliphatic rings. The molecule has 148 valence electrons. The molecular formula is C17H29N2O6P. The lowest BCUT2D eigenvalue weighted by atomic mass is 10.2. The summed E-state index contributed by atoms with van der Waals surface area (Å²) < 4.78 is 29.0. The summed E-state index contributed by atoms with van der Waals surface area (Å²) in [4.78, 5) is 23.8. The number of carbonyl (C=O) groups excluding carboxylic acids is 2. The van der Waals surface area contributed by atoms with Crippen LogP contribution in [0.5, 0.6) is 0 Å². The van der Waals surface area contributed by atoms with E-state index in [9.17, 15) is 14.2 Å². The zero-order valence-electron chi connectivity index (χ0n) is 15.8. The second-order valence-electron chi connectivity index (χ2n) is 6.66. The van der Waals surface area contributed by atoms with E-state index in [0.29, 0.717) is 5.92 Å². The van der Waals surface area contributed by atoms with Crippen LogP contribution >= 0.6 is 7.44 Å². The Bertz CT molecular complexity index is 578. The van der Waals surface area contributed by atoms with Gasteiger partial charge in [0, 0.05) is 0 Å². The Morgan fingerprint density at radius 2 is 1.69 bits per heavy atom. The van der Waals surface area contributed by atoms with E-state index in [1.807, 2.05) is 0 Å². The van der Waals surface area contributed by atoms with Gasteiger partial charge in [0.2, 0.25) is 7.44 Å². The average molecular weight is 388 g/mol. The van der Waals surface area contributed by atoms with E-state index in [1.54, 1.807) is 27.7 Å². The number of rotatable bonds is 11. The summed E-state index contributed by atoms with van der Waals surface area (Å²) in [6.45, 7) is 6.99. The molecule has 2 rings (SSSR count). The van der Waals surface area contributed by atoms with Crippen LogP contribution in [0.2, 0.25) is 0 Å². The maximum Gasteiger partial charge on any atom is 0.323 e. The highest BCUT2D eigenvalue weighted by atomic mass is 31.2. The van der Waals surface area contributed by atoms with Gasteiger partial charge in [-0.2, -0.15) is 0 Å². The van der Waals surface area contributed by atoms with Crippen LogP contribution in [-0.2, 0) is 28.4 Å². The second kappa shape index (κ2) is 9.13. The van der Waals surface area contributed by atoms with Crippen LogP contribution < -0.4 is 10.2 Å². The molecule has 0 heterocycles. The first-order valence-electron chi connectivity index (χ1n) is 9.08. The molecule has 0 aliphatic heterocycles. The lowest BCUT2D eigenvalue weighted by molar-refractivity contribution is -0.145. The van der Waals surface area contributed by atoms with Gasteiger partial charge >= 0.3 is 11.9 Å². The fourth-order valence-electron chi connectivity index (χ4n) is 2.95. The van der Waals surface area contributed by atoms with Gasteiger partial charge in [-0.05, 0) is 46.5 Å². The molecule has 0 spiro atoms. The van der Waals surface area contributed by atoms with Crippen LogP contribution in [0.1, 0.15) is 40.5 Å². The number of hydrogen-bond acceptors (Lipinski definition) is 6. The summed E-state index contributed by atoms with van der Waals surface area (Å²) in [6, 6.07) is -1.61. The Morgan fingerprint density at radius 1 is 1.15 bits per heavy atom. The maximum atomic E-state index is 13.3. The lowest BCUT2D eigenvalue weighted by Crippen LogP contribution is -2.43. The van der Waals surface area contributed by atoms with Crippen LogP contribution in [0.15, 0.2) is 11.6 Å². The molecule has 0 unspecified atom stereocenters. The van der Waals surface area contributed by atoms with Gasteiger partial charge in [-0.25, -0.2) is 10.2 Å². The van der Waals surface area contributed by atoms with Gasteiger partial charge in [0.05, 0.1) is 19.3 Å². The van der Waals surface area contributed by atoms with Gasteiger partial charge < -0.3 is 14.2 Å². The van der Waals surface area contributed by atoms with Crippen molar-refractivity contribution in [3.8, 4) is 0 Å². The monoisotopic (exact) mass is 388 g/mol. The van der Waals surface area contributed by atoms with Crippen molar-refractivity contribution >= 4 is 19.4 Å². The van der Waals surface area contributed by atoms with E-state index in [2.05, 4.69) is 16.3 Å². The number of allylic oxidation sites excluding steroid dienone is 1. The number of ether oxygens (including phenoxy) is 3. The first-order chi connectivity index (χ1) is 12.3. The predicted octanol–water partition coefficient (Wildman–Crippen LogP) is 1.95. The standard InChI is InChI=1S/C17H29N2O6P/c1-5-23-16(20)11(3)18-26(22,19-12(4)17(21)24-6-2)10-25-15-8-13-7-14(13)9-15/h8,11-12,14-15H,5-7,9-10H2,1-4H3,(H2,18,19,22)/t11-,12-,14+,15+/m0/s1. The van der Waals surface area contributed by atoms with Crippen LogP contribution in [0, 0.1) is 5.92 Å². The number of carbonyl (C=O) groups is 2. The number of esters is 2. The summed E-state index contributed by atoms with van der Waals surface area (Å²) in [5.41, 5.74) is 1.39. The third-order valence-corrected chi connectivity index (χ3v) is 6.44. The zero-order chi connectivity index (χ0) is 19.3. The van der Waals surface area contributed by atoms with Crippen LogP contribution in [0.25, 0.3) is 0 Å². The van der Waals surface area contributed by atoms with E-state index in [-0.39, 0.29) is 25.7 Å². The topological polar surface area (TPSA) is 103 Å². The normalized spacial score (nSPS) is 23.6. The van der Waals surface area contributed by atoms with Crippen molar-refractivity contribution in [2.24, 2.45) is 5.92 Å². The van der Waals surface area contributed by atoms with Crippen LogP contribution in [0.4, 0.5) is 0 Å². The minimum atomic E-state index is -3.40. The first kappa shape index (κ1) is 21.1. The molecule has 0 saturated heterocycles. The molecule has 2 aliphatic carbocycles. The second-order valence-corrected chi connectivity index (χ2v) is 8.91. The van der Waals surface area contributed by atoms with Gasteiger partial charge in [0.1, 0.15) is 18.4 Å². The van der Waals surface area contributed by atoms with Gasteiger partial charge in [0.25, 0.3) is 0 Å². The van der Waals surface area contributed by atoms with Crippen LogP contribution in [-0.4, -0.2) is 49.7 Å². The van der Waals surface area contributed by atoms with Crippen molar-refractivity contribution in [1.82, 2.24) is 10.2 Å². The highest BCUT2D eigenvalue weighted by molar-refractivity contribution is 7.59. The third-order valence-electron chi connectivity index (χ3n) is 4.32. The molecule has 26 heavy (non-hydrogen) atoms. The summed E-state index contributed by atoms with van der Waals surface area (Å²) in [6.07, 6.45) is 3.89. The Kier molecular flexibility index (Phi) is 7.41. The average Bonchev–Trinajstić information content (AvgIpc) is 3.19. The quantitative estimate of drug-likeness (QED) is 0.315. The van der Waals surface area contributed by atoms with Gasteiger partial charge in [-0.1, -0.05) is 11.6 Å². The Hall–Kier alpha value is -1.21. The van der Waals surface area contributed by atoms with E-state index in [4.69, 9.17) is 14.2 Å². The van der Waals surface area contributed by atoms with Crippen molar-refractivity contribution in [3.05, 3.63) is 11.6 Å². The fraction of sp³-hybridized carbons (Fsp3) is 0.765. The minimum Gasteiger partial charge on any atom is -0.465 e. The van der Waals surface area contributed by atoms with E-state index in [1.165, 1.54) is 5.57 Å². The molecule has 0 aromatic carbocycles. The summed E-state index contributed by atoms with van der Waals surface area (Å²) in [5, 5.41) is 5.54. The molecule has 4 atom stereocenters. The molecule has 0 bridgehead atoms. The Balaban J connectivity index is 1.99. The molecule has 0 aromatic heterocycles. The van der Waals surface area contributed by atoms with Crippen molar-refractivity contribution in [1.29, 1.82) is 0 Å².